The zero-order valence-corrected chi connectivity index (χ0v) is 12.9. The molecule has 0 saturated heterocycles. The zero-order chi connectivity index (χ0) is 15.5. The molecule has 21 heavy (non-hydrogen) atoms. The third kappa shape index (κ3) is 3.20. The van der Waals surface area contributed by atoms with E-state index in [9.17, 15) is 8.42 Å². The number of furan rings is 1. The van der Waals surface area contributed by atoms with Crippen LogP contribution in [0.4, 0.5) is 0 Å². The van der Waals surface area contributed by atoms with Gasteiger partial charge in [0, 0.05) is 5.56 Å². The lowest BCUT2D eigenvalue weighted by Crippen LogP contribution is -2.23. The first-order valence-corrected chi connectivity index (χ1v) is 7.71. The summed E-state index contributed by atoms with van der Waals surface area (Å²) >= 11 is 0. The Bertz CT molecular complexity index is 707. The number of rotatable bonds is 6. The van der Waals surface area contributed by atoms with E-state index >= 15 is 0 Å². The summed E-state index contributed by atoms with van der Waals surface area (Å²) in [5, 5.41) is 0. The van der Waals surface area contributed by atoms with Gasteiger partial charge in [-0.1, -0.05) is 0 Å². The lowest BCUT2D eigenvalue weighted by atomic mass is 10.2. The van der Waals surface area contributed by atoms with Gasteiger partial charge in [0.1, 0.15) is 22.2 Å². The van der Waals surface area contributed by atoms with E-state index in [1.807, 2.05) is 0 Å². The fourth-order valence-corrected chi connectivity index (χ4v) is 3.21. The normalized spacial score (nSPS) is 11.4. The molecule has 0 spiro atoms. The van der Waals surface area contributed by atoms with Crippen molar-refractivity contribution in [3.63, 3.8) is 0 Å². The summed E-state index contributed by atoms with van der Waals surface area (Å²) < 4.78 is 42.7. The van der Waals surface area contributed by atoms with E-state index < -0.39 is 10.0 Å². The molecule has 1 heterocycles. The second kappa shape index (κ2) is 6.19. The molecular weight excluding hydrogens is 294 g/mol. The molecule has 2 aromatic rings. The number of sulfonamides is 1. The van der Waals surface area contributed by atoms with Gasteiger partial charge < -0.3 is 13.9 Å². The molecule has 0 aliphatic rings. The molecule has 1 aromatic heterocycles. The molecule has 0 saturated carbocycles. The number of methoxy groups -OCH3 is 2. The smallest absolute Gasteiger partial charge is 0.244 e. The second-order valence-electron chi connectivity index (χ2n) is 4.33. The Morgan fingerprint density at radius 3 is 2.52 bits per heavy atom. The minimum Gasteiger partial charge on any atom is -0.496 e. The first-order valence-electron chi connectivity index (χ1n) is 6.23. The average molecular weight is 311 g/mol. The molecule has 0 bridgehead atoms. The Balaban J connectivity index is 2.33. The first-order chi connectivity index (χ1) is 9.99. The molecule has 0 aliphatic heterocycles. The molecule has 114 valence electrons. The molecular formula is C14H17NO5S. The highest BCUT2D eigenvalue weighted by molar-refractivity contribution is 7.89. The molecule has 6 nitrogen and oxygen atoms in total. The summed E-state index contributed by atoms with van der Waals surface area (Å²) in [5.74, 6) is 1.36. The predicted octanol–water partition coefficient (Wildman–Crippen LogP) is 2.08. The molecule has 0 atom stereocenters. The Labute approximate surface area is 123 Å². The topological polar surface area (TPSA) is 77.8 Å². The molecule has 7 heteroatoms. The molecule has 0 fully saturated rings. The summed E-state index contributed by atoms with van der Waals surface area (Å²) in [4.78, 5) is 0.0647. The third-order valence-electron chi connectivity index (χ3n) is 3.05. The quantitative estimate of drug-likeness (QED) is 0.884. The van der Waals surface area contributed by atoms with Crippen molar-refractivity contribution in [3.8, 4) is 11.5 Å². The maximum absolute atomic E-state index is 12.4. The van der Waals surface area contributed by atoms with E-state index in [0.717, 1.165) is 0 Å². The molecule has 1 N–H and O–H groups in total. The van der Waals surface area contributed by atoms with Crippen molar-refractivity contribution in [2.24, 2.45) is 0 Å². The van der Waals surface area contributed by atoms with Gasteiger partial charge in [0.2, 0.25) is 10.0 Å². The zero-order valence-electron chi connectivity index (χ0n) is 12.0. The van der Waals surface area contributed by atoms with E-state index in [1.54, 1.807) is 25.1 Å². The first kappa shape index (κ1) is 15.4. The van der Waals surface area contributed by atoms with Gasteiger partial charge in [-0.15, -0.1) is 0 Å². The fraction of sp³-hybridized carbons (Fsp3) is 0.286. The maximum Gasteiger partial charge on any atom is 0.244 e. The van der Waals surface area contributed by atoms with Gasteiger partial charge in [-0.3, -0.25) is 0 Å². The summed E-state index contributed by atoms with van der Waals surface area (Å²) in [6, 6.07) is 6.44. The lowest BCUT2D eigenvalue weighted by Gasteiger charge is -2.14. The Morgan fingerprint density at radius 2 is 1.95 bits per heavy atom. The standard InChI is InChI=1S/C14H17NO5S/c1-10-12(18-2)6-7-13(14(10)19-3)21(16,17)15-9-11-5-4-8-20-11/h4-8,15H,9H2,1-3H3. The van der Waals surface area contributed by atoms with Crippen LogP contribution in [0.25, 0.3) is 0 Å². The van der Waals surface area contributed by atoms with Crippen LogP contribution in [0.3, 0.4) is 0 Å². The maximum atomic E-state index is 12.4. The van der Waals surface area contributed by atoms with Crippen LogP contribution in [0, 0.1) is 6.92 Å². The van der Waals surface area contributed by atoms with Crippen LogP contribution in [0.15, 0.2) is 39.8 Å². The van der Waals surface area contributed by atoms with E-state index in [1.165, 1.54) is 26.5 Å². The highest BCUT2D eigenvalue weighted by Crippen LogP contribution is 2.33. The van der Waals surface area contributed by atoms with Crippen molar-refractivity contribution in [2.75, 3.05) is 14.2 Å². The molecule has 0 unspecified atom stereocenters. The highest BCUT2D eigenvalue weighted by Gasteiger charge is 2.22. The van der Waals surface area contributed by atoms with Gasteiger partial charge in [0.05, 0.1) is 27.0 Å². The Hall–Kier alpha value is -1.99. The van der Waals surface area contributed by atoms with Crippen LogP contribution in [0.2, 0.25) is 0 Å². The van der Waals surface area contributed by atoms with Gasteiger partial charge >= 0.3 is 0 Å². The number of nitrogens with one attached hydrogen (secondary N) is 1. The minimum atomic E-state index is -3.72. The summed E-state index contributed by atoms with van der Waals surface area (Å²) in [6.07, 6.45) is 1.49. The van der Waals surface area contributed by atoms with Crippen molar-refractivity contribution in [3.05, 3.63) is 41.9 Å². The highest BCUT2D eigenvalue weighted by atomic mass is 32.2. The van der Waals surface area contributed by atoms with Crippen LogP contribution in [-0.4, -0.2) is 22.6 Å². The summed E-state index contributed by atoms with van der Waals surface area (Å²) in [6.45, 7) is 1.81. The van der Waals surface area contributed by atoms with E-state index in [2.05, 4.69) is 4.72 Å². The second-order valence-corrected chi connectivity index (χ2v) is 6.06. The van der Waals surface area contributed by atoms with Crippen LogP contribution < -0.4 is 14.2 Å². The predicted molar refractivity (Wildman–Crippen MR) is 77.0 cm³/mol. The summed E-state index contributed by atoms with van der Waals surface area (Å²) in [5.41, 5.74) is 0.626. The molecule has 0 aliphatic carbocycles. The monoisotopic (exact) mass is 311 g/mol. The van der Waals surface area contributed by atoms with Gasteiger partial charge in [-0.05, 0) is 31.2 Å². The van der Waals surface area contributed by atoms with Crippen molar-refractivity contribution in [1.82, 2.24) is 4.72 Å². The van der Waals surface area contributed by atoms with Gasteiger partial charge in [-0.25, -0.2) is 13.1 Å². The molecule has 0 radical (unpaired) electrons. The van der Waals surface area contributed by atoms with E-state index in [-0.39, 0.29) is 17.2 Å². The SMILES string of the molecule is COc1ccc(S(=O)(=O)NCc2ccco2)c(OC)c1C. The van der Waals surface area contributed by atoms with E-state index in [0.29, 0.717) is 17.1 Å². The molecule has 0 amide bonds. The molecule has 1 aromatic carbocycles. The van der Waals surface area contributed by atoms with Crippen LogP contribution in [0.5, 0.6) is 11.5 Å². The van der Waals surface area contributed by atoms with Crippen molar-refractivity contribution in [2.45, 2.75) is 18.4 Å². The third-order valence-corrected chi connectivity index (χ3v) is 4.48. The van der Waals surface area contributed by atoms with Crippen molar-refractivity contribution in [1.29, 1.82) is 0 Å². The van der Waals surface area contributed by atoms with Crippen LogP contribution in [-0.2, 0) is 16.6 Å². The Morgan fingerprint density at radius 1 is 1.19 bits per heavy atom. The number of benzene rings is 1. The van der Waals surface area contributed by atoms with Gasteiger partial charge in [-0.2, -0.15) is 0 Å². The molecule has 2 rings (SSSR count). The number of hydrogen-bond donors (Lipinski definition) is 1. The Kier molecular flexibility index (Phi) is 4.54. The van der Waals surface area contributed by atoms with Crippen LogP contribution in [0.1, 0.15) is 11.3 Å². The van der Waals surface area contributed by atoms with Crippen molar-refractivity contribution >= 4 is 10.0 Å². The van der Waals surface area contributed by atoms with Gasteiger partial charge in [0.25, 0.3) is 0 Å². The average Bonchev–Trinajstić information content (AvgIpc) is 2.98. The van der Waals surface area contributed by atoms with E-state index in [4.69, 9.17) is 13.9 Å². The fourth-order valence-electron chi connectivity index (χ4n) is 1.99. The van der Waals surface area contributed by atoms with Crippen molar-refractivity contribution < 1.29 is 22.3 Å². The minimum absolute atomic E-state index is 0.0647. The van der Waals surface area contributed by atoms with Gasteiger partial charge in [0.15, 0.2) is 0 Å². The lowest BCUT2D eigenvalue weighted by molar-refractivity contribution is 0.380. The number of ether oxygens (including phenoxy) is 2. The largest absolute Gasteiger partial charge is 0.496 e. The number of hydrogen-bond acceptors (Lipinski definition) is 5. The van der Waals surface area contributed by atoms with Crippen LogP contribution >= 0.6 is 0 Å². The summed E-state index contributed by atoms with van der Waals surface area (Å²) in [7, 11) is -0.774.